The van der Waals surface area contributed by atoms with E-state index in [9.17, 15) is 14.4 Å². The molecule has 0 fully saturated rings. The van der Waals surface area contributed by atoms with Crippen molar-refractivity contribution in [2.24, 2.45) is 0 Å². The maximum Gasteiger partial charge on any atom is 0.333 e. The van der Waals surface area contributed by atoms with Gasteiger partial charge in [0.15, 0.2) is 0 Å². The van der Waals surface area contributed by atoms with Crippen LogP contribution in [0.25, 0.3) is 0 Å². The largest absolute Gasteiger partial charge is 0.462 e. The van der Waals surface area contributed by atoms with Gasteiger partial charge in [-0.3, -0.25) is 14.3 Å². The Morgan fingerprint density at radius 2 is 1.83 bits per heavy atom. The highest BCUT2D eigenvalue weighted by Gasteiger charge is 2.11. The first-order valence-electron chi connectivity index (χ1n) is 9.27. The van der Waals surface area contributed by atoms with Crippen LogP contribution in [-0.2, 0) is 48.2 Å². The van der Waals surface area contributed by atoms with Gasteiger partial charge in [0.05, 0.1) is 30.2 Å². The maximum atomic E-state index is 11.8. The summed E-state index contributed by atoms with van der Waals surface area (Å²) in [7, 11) is 0. The van der Waals surface area contributed by atoms with Gasteiger partial charge in [-0.15, -0.1) is 16.4 Å². The Kier molecular flexibility index (Phi) is 9.13. The van der Waals surface area contributed by atoms with Crippen LogP contribution in [0.1, 0.15) is 36.0 Å². The molecule has 2 aromatic rings. The van der Waals surface area contributed by atoms with Crippen molar-refractivity contribution in [3.8, 4) is 0 Å². The van der Waals surface area contributed by atoms with Crippen LogP contribution in [0.2, 0.25) is 0 Å². The molecule has 0 bridgehead atoms. The molecule has 0 aliphatic carbocycles. The molecule has 11 heteroatoms. The maximum absolute atomic E-state index is 11.8. The van der Waals surface area contributed by atoms with Gasteiger partial charge in [0, 0.05) is 23.4 Å². The lowest BCUT2D eigenvalue weighted by atomic mass is 10.3. The zero-order chi connectivity index (χ0) is 21.9. The Morgan fingerprint density at radius 1 is 1.13 bits per heavy atom. The number of aryl methyl sites for hydroxylation is 3. The fraction of sp³-hybridized carbons (Fsp3) is 0.474. The average Bonchev–Trinajstić information content (AvgIpc) is 3.34. The molecule has 0 spiro atoms. The second-order valence-electron chi connectivity index (χ2n) is 6.38. The Hall–Kier alpha value is -3.08. The molecule has 0 saturated heterocycles. The van der Waals surface area contributed by atoms with Gasteiger partial charge in [0.25, 0.3) is 0 Å². The lowest BCUT2D eigenvalue weighted by Gasteiger charge is -2.06. The summed E-state index contributed by atoms with van der Waals surface area (Å²) in [6.45, 7) is 7.39. The van der Waals surface area contributed by atoms with E-state index in [2.05, 4.69) is 21.9 Å². The predicted molar refractivity (Wildman–Crippen MR) is 106 cm³/mol. The van der Waals surface area contributed by atoms with Gasteiger partial charge >= 0.3 is 17.9 Å². The molecule has 30 heavy (non-hydrogen) atoms. The summed E-state index contributed by atoms with van der Waals surface area (Å²) in [5.41, 5.74) is 3.61. The summed E-state index contributed by atoms with van der Waals surface area (Å²) >= 11 is 1.60. The first kappa shape index (κ1) is 23.2. The smallest absolute Gasteiger partial charge is 0.333 e. The molecule has 2 rings (SSSR count). The monoisotopic (exact) mass is 436 g/mol. The van der Waals surface area contributed by atoms with Crippen molar-refractivity contribution < 1.29 is 28.6 Å². The van der Waals surface area contributed by atoms with Gasteiger partial charge in [0.2, 0.25) is 0 Å². The molecule has 0 unspecified atom stereocenters. The molecule has 0 saturated carbocycles. The first-order valence-corrected chi connectivity index (χ1v) is 10.1. The van der Waals surface area contributed by atoms with E-state index in [0.717, 1.165) is 12.1 Å². The third-order valence-electron chi connectivity index (χ3n) is 3.84. The third kappa shape index (κ3) is 8.11. The molecule has 10 nitrogen and oxygen atoms in total. The van der Waals surface area contributed by atoms with E-state index in [1.807, 2.05) is 12.4 Å². The number of nitrogens with zero attached hydrogens (tertiary/aromatic N) is 4. The fourth-order valence-electron chi connectivity index (χ4n) is 2.21. The Morgan fingerprint density at radius 3 is 2.50 bits per heavy atom. The van der Waals surface area contributed by atoms with Crippen LogP contribution >= 0.6 is 11.3 Å². The Balaban J connectivity index is 1.59. The fourth-order valence-corrected chi connectivity index (χ4v) is 2.98. The third-order valence-corrected chi connectivity index (χ3v) is 4.84. The number of esters is 3. The van der Waals surface area contributed by atoms with Crippen LogP contribution in [0.5, 0.6) is 0 Å². The first-order chi connectivity index (χ1) is 14.3. The number of ether oxygens (including phenoxy) is 3. The highest BCUT2D eigenvalue weighted by atomic mass is 32.1. The quantitative estimate of drug-likeness (QED) is 0.212. The van der Waals surface area contributed by atoms with Crippen LogP contribution < -0.4 is 0 Å². The van der Waals surface area contributed by atoms with Gasteiger partial charge in [0.1, 0.15) is 25.5 Å². The second-order valence-corrected chi connectivity index (χ2v) is 7.32. The number of aromatic nitrogens is 4. The number of hydrogen-bond acceptors (Lipinski definition) is 10. The lowest BCUT2D eigenvalue weighted by molar-refractivity contribution is -0.153. The molecule has 2 aromatic heterocycles. The number of carbonyl (C=O) groups is 3. The molecule has 0 radical (unpaired) electrons. The zero-order valence-electron chi connectivity index (χ0n) is 17.0. The van der Waals surface area contributed by atoms with E-state index < -0.39 is 17.9 Å². The van der Waals surface area contributed by atoms with Crippen LogP contribution in [0, 0.1) is 6.92 Å². The minimum Gasteiger partial charge on any atom is -0.462 e. The minimum atomic E-state index is -0.581. The molecule has 2 heterocycles. The molecule has 0 N–H and O–H groups in total. The SMILES string of the molecule is C=C(C)C(=O)OCCOC(=O)CCC(=O)OCc1cn(CCc2scnc2C)nn1. The standard InChI is InChI=1S/C19H24N4O6S/c1-13(2)19(26)28-9-8-27-17(24)4-5-18(25)29-11-15-10-23(22-21-15)7-6-16-14(3)20-12-30-16/h10,12H,1,4-9,11H2,2-3H3. The van der Waals surface area contributed by atoms with Gasteiger partial charge in [-0.25, -0.2) is 9.78 Å². The number of thiazole rings is 1. The van der Waals surface area contributed by atoms with E-state index >= 15 is 0 Å². The Bertz CT molecular complexity index is 891. The van der Waals surface area contributed by atoms with Crippen molar-refractivity contribution in [1.29, 1.82) is 0 Å². The minimum absolute atomic E-state index is 0.0235. The molecule has 162 valence electrons. The normalized spacial score (nSPS) is 10.5. The van der Waals surface area contributed by atoms with E-state index in [-0.39, 0.29) is 38.2 Å². The van der Waals surface area contributed by atoms with E-state index in [4.69, 9.17) is 14.2 Å². The predicted octanol–water partition coefficient (Wildman–Crippen LogP) is 1.77. The number of hydrogen-bond donors (Lipinski definition) is 0. The van der Waals surface area contributed by atoms with E-state index in [1.165, 1.54) is 11.8 Å². The summed E-state index contributed by atoms with van der Waals surface area (Å²) < 4.78 is 16.4. The average molecular weight is 436 g/mol. The van der Waals surface area contributed by atoms with Crippen LogP contribution in [0.15, 0.2) is 23.9 Å². The van der Waals surface area contributed by atoms with Gasteiger partial charge in [-0.05, 0) is 13.8 Å². The molecule has 0 atom stereocenters. The molecule has 0 aromatic carbocycles. The van der Waals surface area contributed by atoms with Gasteiger partial charge in [-0.1, -0.05) is 11.8 Å². The van der Waals surface area contributed by atoms with Crippen molar-refractivity contribution in [3.05, 3.63) is 40.1 Å². The van der Waals surface area contributed by atoms with Crippen molar-refractivity contribution in [2.75, 3.05) is 13.2 Å². The summed E-state index contributed by atoms with van der Waals surface area (Å²) in [6, 6.07) is 0. The lowest BCUT2D eigenvalue weighted by Crippen LogP contribution is -2.15. The summed E-state index contributed by atoms with van der Waals surface area (Å²) in [4.78, 5) is 39.9. The molecule has 0 aliphatic rings. The number of carbonyl (C=O) groups excluding carboxylic acids is 3. The number of rotatable bonds is 12. The van der Waals surface area contributed by atoms with E-state index in [1.54, 1.807) is 22.2 Å². The van der Waals surface area contributed by atoms with Crippen molar-refractivity contribution in [1.82, 2.24) is 20.0 Å². The highest BCUT2D eigenvalue weighted by molar-refractivity contribution is 7.09. The summed E-state index contributed by atoms with van der Waals surface area (Å²) in [5, 5.41) is 7.97. The van der Waals surface area contributed by atoms with Gasteiger partial charge in [-0.2, -0.15) is 0 Å². The molecule has 0 aliphatic heterocycles. The summed E-state index contributed by atoms with van der Waals surface area (Å²) in [5.74, 6) is -1.68. The highest BCUT2D eigenvalue weighted by Crippen LogP contribution is 2.13. The van der Waals surface area contributed by atoms with Crippen molar-refractivity contribution >= 4 is 29.2 Å². The molecule has 0 amide bonds. The van der Waals surface area contributed by atoms with Crippen LogP contribution in [-0.4, -0.2) is 51.1 Å². The second kappa shape index (κ2) is 11.8. The van der Waals surface area contributed by atoms with E-state index in [0.29, 0.717) is 12.2 Å². The molecular formula is C19H24N4O6S. The summed E-state index contributed by atoms with van der Waals surface area (Å²) in [6.07, 6.45) is 2.26. The zero-order valence-corrected chi connectivity index (χ0v) is 17.8. The van der Waals surface area contributed by atoms with Gasteiger partial charge < -0.3 is 14.2 Å². The van der Waals surface area contributed by atoms with Crippen molar-refractivity contribution in [2.45, 2.75) is 46.3 Å². The van der Waals surface area contributed by atoms with Crippen molar-refractivity contribution in [3.63, 3.8) is 0 Å². The Labute approximate surface area is 177 Å². The van der Waals surface area contributed by atoms with Crippen LogP contribution in [0.4, 0.5) is 0 Å². The van der Waals surface area contributed by atoms with Crippen LogP contribution in [0.3, 0.4) is 0 Å². The topological polar surface area (TPSA) is 123 Å². The molecular weight excluding hydrogens is 412 g/mol.